The monoisotopic (exact) mass is 411 g/mol. The summed E-state index contributed by atoms with van der Waals surface area (Å²) in [5.74, 6) is 1.75. The summed E-state index contributed by atoms with van der Waals surface area (Å²) in [6.45, 7) is 1.42. The van der Waals surface area contributed by atoms with E-state index in [2.05, 4.69) is 57.4 Å². The molecule has 3 rings (SSSR count). The van der Waals surface area contributed by atoms with Crippen molar-refractivity contribution < 1.29 is 8.42 Å². The quantitative estimate of drug-likeness (QED) is 0.677. The Morgan fingerprint density at radius 2 is 2.15 bits per heavy atom. The zero-order valence-electron chi connectivity index (χ0n) is 14.6. The van der Waals surface area contributed by atoms with Gasteiger partial charge in [0.1, 0.15) is 0 Å². The topological polar surface area (TPSA) is 100 Å². The second-order valence-electron chi connectivity index (χ2n) is 6.16. The van der Waals surface area contributed by atoms with Crippen LogP contribution in [0, 0.1) is 0 Å². The number of fused-ring (bicyclic) bond motifs is 1. The van der Waals surface area contributed by atoms with Gasteiger partial charge in [-0.3, -0.25) is 4.99 Å². The average Bonchev–Trinajstić information content (AvgIpc) is 3.05. The predicted molar refractivity (Wildman–Crippen MR) is 111 cm³/mol. The van der Waals surface area contributed by atoms with Gasteiger partial charge in [-0.05, 0) is 37.2 Å². The van der Waals surface area contributed by atoms with Crippen LogP contribution in [0.3, 0.4) is 0 Å². The minimum atomic E-state index is -3.68. The zero-order chi connectivity index (χ0) is 18.7. The highest BCUT2D eigenvalue weighted by Gasteiger charge is 2.23. The Morgan fingerprint density at radius 1 is 1.35 bits per heavy atom. The second kappa shape index (κ2) is 7.95. The number of benzene rings is 1. The van der Waals surface area contributed by atoms with Gasteiger partial charge in [0.15, 0.2) is 11.7 Å². The Kier molecular flexibility index (Phi) is 5.86. The van der Waals surface area contributed by atoms with Crippen LogP contribution in [0.4, 0.5) is 0 Å². The van der Waals surface area contributed by atoms with Crippen molar-refractivity contribution in [2.75, 3.05) is 26.4 Å². The Labute approximate surface area is 161 Å². The van der Waals surface area contributed by atoms with Crippen LogP contribution in [0.5, 0.6) is 0 Å². The van der Waals surface area contributed by atoms with E-state index in [1.54, 1.807) is 11.8 Å². The SMILES string of the molecule is CN(C)Cc1ccc2cc(CSCCN=C3NS(=O)(=O)N=C3N)sc2c1. The average molecular weight is 412 g/mol. The molecule has 0 fully saturated rings. The molecule has 1 aromatic carbocycles. The van der Waals surface area contributed by atoms with Crippen LogP contribution < -0.4 is 10.5 Å². The minimum Gasteiger partial charge on any atom is -0.380 e. The summed E-state index contributed by atoms with van der Waals surface area (Å²) in [5.41, 5.74) is 6.83. The first-order valence-corrected chi connectivity index (χ1v) is 11.4. The molecule has 3 N–H and O–H groups in total. The molecule has 26 heavy (non-hydrogen) atoms. The van der Waals surface area contributed by atoms with Gasteiger partial charge in [0.2, 0.25) is 0 Å². The molecule has 1 aromatic heterocycles. The van der Waals surface area contributed by atoms with Crippen molar-refractivity contribution in [3.05, 3.63) is 34.7 Å². The zero-order valence-corrected chi connectivity index (χ0v) is 17.0. The highest BCUT2D eigenvalue weighted by Crippen LogP contribution is 2.29. The van der Waals surface area contributed by atoms with Gasteiger partial charge in [-0.1, -0.05) is 12.1 Å². The van der Waals surface area contributed by atoms with Gasteiger partial charge < -0.3 is 10.6 Å². The number of rotatable bonds is 7. The molecule has 1 aliphatic rings. The summed E-state index contributed by atoms with van der Waals surface area (Å²) < 4.78 is 29.3. The van der Waals surface area contributed by atoms with E-state index in [0.29, 0.717) is 6.54 Å². The molecular formula is C16H21N5O2S3. The fourth-order valence-electron chi connectivity index (χ4n) is 2.54. The lowest BCUT2D eigenvalue weighted by molar-refractivity contribution is 0.403. The maximum absolute atomic E-state index is 11.2. The van der Waals surface area contributed by atoms with E-state index < -0.39 is 10.2 Å². The van der Waals surface area contributed by atoms with Crippen molar-refractivity contribution in [2.45, 2.75) is 12.3 Å². The predicted octanol–water partition coefficient (Wildman–Crippen LogP) is 1.80. The second-order valence-corrected chi connectivity index (χ2v) is 9.77. The Bertz CT molecular complexity index is 963. The number of nitrogens with one attached hydrogen (secondary N) is 1. The summed E-state index contributed by atoms with van der Waals surface area (Å²) in [6.07, 6.45) is 0. The number of hydrogen-bond acceptors (Lipinski definition) is 7. The Morgan fingerprint density at radius 3 is 2.85 bits per heavy atom. The van der Waals surface area contributed by atoms with Crippen molar-refractivity contribution in [3.63, 3.8) is 0 Å². The maximum atomic E-state index is 11.2. The van der Waals surface area contributed by atoms with E-state index in [1.807, 2.05) is 11.3 Å². The summed E-state index contributed by atoms with van der Waals surface area (Å²) in [7, 11) is 0.457. The number of thioether (sulfide) groups is 1. The molecule has 0 radical (unpaired) electrons. The lowest BCUT2D eigenvalue weighted by Gasteiger charge is -2.08. The number of hydrogen-bond donors (Lipinski definition) is 2. The molecule has 2 heterocycles. The van der Waals surface area contributed by atoms with Gasteiger partial charge in [-0.15, -0.1) is 15.7 Å². The molecular weight excluding hydrogens is 390 g/mol. The van der Waals surface area contributed by atoms with E-state index in [0.717, 1.165) is 18.1 Å². The molecule has 10 heteroatoms. The summed E-state index contributed by atoms with van der Waals surface area (Å²) in [6, 6.07) is 8.85. The molecule has 0 aliphatic carbocycles. The highest BCUT2D eigenvalue weighted by molar-refractivity contribution is 7.98. The van der Waals surface area contributed by atoms with Gasteiger partial charge in [0.25, 0.3) is 0 Å². The first kappa shape index (κ1) is 19.2. The normalized spacial score (nSPS) is 17.8. The maximum Gasteiger partial charge on any atom is 0.345 e. The van der Waals surface area contributed by atoms with Gasteiger partial charge in [0, 0.05) is 27.6 Å². The van der Waals surface area contributed by atoms with Crippen LogP contribution in [0.1, 0.15) is 10.4 Å². The van der Waals surface area contributed by atoms with Gasteiger partial charge in [-0.2, -0.15) is 20.2 Å². The van der Waals surface area contributed by atoms with Gasteiger partial charge in [0.05, 0.1) is 6.54 Å². The number of aliphatic imine (C=N–C) groups is 1. The third-order valence-electron chi connectivity index (χ3n) is 3.57. The molecule has 2 aromatic rings. The van der Waals surface area contributed by atoms with E-state index in [-0.39, 0.29) is 11.7 Å². The smallest absolute Gasteiger partial charge is 0.345 e. The van der Waals surface area contributed by atoms with Crippen LogP contribution >= 0.6 is 23.1 Å². The van der Waals surface area contributed by atoms with Crippen LogP contribution in [0.25, 0.3) is 10.1 Å². The van der Waals surface area contributed by atoms with Crippen molar-refractivity contribution in [2.24, 2.45) is 15.1 Å². The van der Waals surface area contributed by atoms with E-state index in [4.69, 9.17) is 5.73 Å². The first-order valence-electron chi connectivity index (χ1n) is 7.99. The van der Waals surface area contributed by atoms with E-state index in [1.165, 1.54) is 20.5 Å². The van der Waals surface area contributed by atoms with Crippen LogP contribution in [-0.2, 0) is 22.5 Å². The van der Waals surface area contributed by atoms with Crippen molar-refractivity contribution >= 4 is 55.1 Å². The third kappa shape index (κ3) is 4.97. The number of amidine groups is 2. The summed E-state index contributed by atoms with van der Waals surface area (Å²) in [5, 5.41) is 1.28. The van der Waals surface area contributed by atoms with E-state index in [9.17, 15) is 8.42 Å². The molecule has 0 unspecified atom stereocenters. The lowest BCUT2D eigenvalue weighted by Crippen LogP contribution is -2.31. The molecule has 0 saturated heterocycles. The third-order valence-corrected chi connectivity index (χ3v) is 6.73. The van der Waals surface area contributed by atoms with Crippen molar-refractivity contribution in [1.29, 1.82) is 0 Å². The number of thiophene rings is 1. The van der Waals surface area contributed by atoms with Crippen LogP contribution in [-0.4, -0.2) is 51.4 Å². The Hall–Kier alpha value is -1.62. The molecule has 0 atom stereocenters. The lowest BCUT2D eigenvalue weighted by atomic mass is 10.1. The van der Waals surface area contributed by atoms with Crippen molar-refractivity contribution in [1.82, 2.24) is 9.62 Å². The molecule has 140 valence electrons. The molecule has 0 amide bonds. The molecule has 0 bridgehead atoms. The Balaban J connectivity index is 1.51. The number of nitrogens with two attached hydrogens (primary N) is 1. The van der Waals surface area contributed by atoms with Gasteiger partial charge >= 0.3 is 10.2 Å². The fourth-order valence-corrected chi connectivity index (χ4v) is 5.41. The standard InChI is InChI=1S/C16H21N5O2S3/c1-21(2)9-11-3-4-12-8-13(25-14(12)7-11)10-24-6-5-18-16-15(17)19-26(22,23)20-16/h3-4,7-8H,5-6,9-10H2,1-2H3,(H2,17,19)(H,18,20). The summed E-state index contributed by atoms with van der Waals surface area (Å²) in [4.78, 5) is 7.64. The highest BCUT2D eigenvalue weighted by atomic mass is 32.2. The van der Waals surface area contributed by atoms with Crippen LogP contribution in [0.2, 0.25) is 0 Å². The number of nitrogens with zero attached hydrogens (tertiary/aromatic N) is 3. The van der Waals surface area contributed by atoms with Gasteiger partial charge in [-0.25, -0.2) is 4.72 Å². The summed E-state index contributed by atoms with van der Waals surface area (Å²) >= 11 is 3.57. The first-order chi connectivity index (χ1) is 12.3. The molecule has 7 nitrogen and oxygen atoms in total. The molecule has 0 saturated carbocycles. The largest absolute Gasteiger partial charge is 0.380 e. The van der Waals surface area contributed by atoms with Crippen LogP contribution in [0.15, 0.2) is 33.7 Å². The van der Waals surface area contributed by atoms with Crippen molar-refractivity contribution in [3.8, 4) is 0 Å². The molecule has 1 aliphatic heterocycles. The molecule has 0 spiro atoms. The minimum absolute atomic E-state index is 0.0759. The fraction of sp³-hybridized carbons (Fsp3) is 0.375. The van der Waals surface area contributed by atoms with E-state index >= 15 is 0 Å².